The van der Waals surface area contributed by atoms with E-state index in [4.69, 9.17) is 4.74 Å². The van der Waals surface area contributed by atoms with Gasteiger partial charge in [0.15, 0.2) is 5.96 Å². The molecule has 6 heteroatoms. The number of halogens is 1. The summed E-state index contributed by atoms with van der Waals surface area (Å²) in [6, 6.07) is 8.32. The van der Waals surface area contributed by atoms with E-state index in [1.54, 1.807) is 7.11 Å². The van der Waals surface area contributed by atoms with Gasteiger partial charge in [-0.3, -0.25) is 4.99 Å². The Morgan fingerprint density at radius 3 is 2.30 bits per heavy atom. The molecule has 0 amide bonds. The van der Waals surface area contributed by atoms with E-state index in [0.29, 0.717) is 0 Å². The van der Waals surface area contributed by atoms with Crippen LogP contribution in [0.3, 0.4) is 0 Å². The lowest BCUT2D eigenvalue weighted by molar-refractivity contribution is 0.414. The van der Waals surface area contributed by atoms with E-state index in [9.17, 15) is 0 Å². The van der Waals surface area contributed by atoms with E-state index < -0.39 is 0 Å². The van der Waals surface area contributed by atoms with Gasteiger partial charge in [0.1, 0.15) is 5.75 Å². The Bertz CT molecular complexity index is 426. The predicted molar refractivity (Wildman–Crippen MR) is 114 cm³/mol. The monoisotopic (exact) mass is 451 g/mol. The van der Waals surface area contributed by atoms with Crippen LogP contribution in [0.2, 0.25) is 0 Å². The molecular formula is C17H30IN3OS. The van der Waals surface area contributed by atoms with Gasteiger partial charge in [-0.1, -0.05) is 12.1 Å². The number of methoxy groups -OCH3 is 1. The lowest BCUT2D eigenvalue weighted by Gasteiger charge is -2.11. The Labute approximate surface area is 162 Å². The third kappa shape index (κ3) is 10.7. The molecule has 0 atom stereocenters. The zero-order valence-electron chi connectivity index (χ0n) is 14.4. The molecule has 0 bridgehead atoms. The van der Waals surface area contributed by atoms with E-state index in [2.05, 4.69) is 34.0 Å². The number of hydrogen-bond donors (Lipinski definition) is 2. The lowest BCUT2D eigenvalue weighted by atomic mass is 10.1. The second kappa shape index (κ2) is 14.9. The van der Waals surface area contributed by atoms with Crippen molar-refractivity contribution < 1.29 is 4.74 Å². The molecule has 0 spiro atoms. The van der Waals surface area contributed by atoms with Gasteiger partial charge in [0.2, 0.25) is 0 Å². The van der Waals surface area contributed by atoms with Crippen molar-refractivity contribution >= 4 is 41.7 Å². The van der Waals surface area contributed by atoms with Gasteiger partial charge in [0.05, 0.1) is 7.11 Å². The molecule has 23 heavy (non-hydrogen) atoms. The fourth-order valence-corrected chi connectivity index (χ4v) is 2.53. The number of benzene rings is 1. The highest BCUT2D eigenvalue weighted by atomic mass is 127. The van der Waals surface area contributed by atoms with Crippen molar-refractivity contribution in [3.05, 3.63) is 29.8 Å². The van der Waals surface area contributed by atoms with Gasteiger partial charge in [-0.2, -0.15) is 11.8 Å². The maximum atomic E-state index is 5.17. The summed E-state index contributed by atoms with van der Waals surface area (Å²) in [5.74, 6) is 3.01. The summed E-state index contributed by atoms with van der Waals surface area (Å²) in [4.78, 5) is 4.23. The first kappa shape index (κ1) is 22.4. The molecule has 0 radical (unpaired) electrons. The van der Waals surface area contributed by atoms with E-state index >= 15 is 0 Å². The molecule has 2 N–H and O–H groups in total. The minimum Gasteiger partial charge on any atom is -0.497 e. The van der Waals surface area contributed by atoms with Crippen LogP contribution in [0.5, 0.6) is 5.75 Å². The Morgan fingerprint density at radius 1 is 1.09 bits per heavy atom. The van der Waals surface area contributed by atoms with Gasteiger partial charge in [0.25, 0.3) is 0 Å². The molecule has 1 rings (SSSR count). The number of hydrogen-bond acceptors (Lipinski definition) is 3. The van der Waals surface area contributed by atoms with Gasteiger partial charge in [0, 0.05) is 20.1 Å². The SMILES string of the molecule is CN=C(NCCCCc1ccc(OC)cc1)NCCCSC.I. The zero-order chi connectivity index (χ0) is 16.0. The van der Waals surface area contributed by atoms with Gasteiger partial charge in [-0.25, -0.2) is 0 Å². The van der Waals surface area contributed by atoms with Crippen LogP contribution >= 0.6 is 35.7 Å². The normalized spacial score (nSPS) is 10.8. The van der Waals surface area contributed by atoms with Crippen LogP contribution in [0.1, 0.15) is 24.8 Å². The minimum atomic E-state index is 0. The molecule has 0 saturated heterocycles. The summed E-state index contributed by atoms with van der Waals surface area (Å²) in [5.41, 5.74) is 1.36. The number of rotatable bonds is 10. The second-order valence-electron chi connectivity index (χ2n) is 5.08. The molecule has 4 nitrogen and oxygen atoms in total. The quantitative estimate of drug-likeness (QED) is 0.247. The van der Waals surface area contributed by atoms with Crippen molar-refractivity contribution in [3.63, 3.8) is 0 Å². The van der Waals surface area contributed by atoms with Crippen molar-refractivity contribution in [3.8, 4) is 5.75 Å². The van der Waals surface area contributed by atoms with Crippen molar-refractivity contribution in [2.24, 2.45) is 4.99 Å². The highest BCUT2D eigenvalue weighted by molar-refractivity contribution is 14.0. The van der Waals surface area contributed by atoms with Crippen LogP contribution in [0.15, 0.2) is 29.3 Å². The smallest absolute Gasteiger partial charge is 0.190 e. The van der Waals surface area contributed by atoms with E-state index in [1.165, 1.54) is 24.2 Å². The van der Waals surface area contributed by atoms with E-state index in [0.717, 1.165) is 37.6 Å². The molecule has 1 aromatic carbocycles. The van der Waals surface area contributed by atoms with Crippen LogP contribution in [0.25, 0.3) is 0 Å². The number of ether oxygens (including phenoxy) is 1. The summed E-state index contributed by atoms with van der Waals surface area (Å²) < 4.78 is 5.17. The first-order valence-electron chi connectivity index (χ1n) is 7.86. The fourth-order valence-electron chi connectivity index (χ4n) is 2.10. The van der Waals surface area contributed by atoms with E-state index in [-0.39, 0.29) is 24.0 Å². The number of unbranched alkanes of at least 4 members (excludes halogenated alkanes) is 1. The zero-order valence-corrected chi connectivity index (χ0v) is 17.6. The van der Waals surface area contributed by atoms with Crippen LogP contribution < -0.4 is 15.4 Å². The standard InChI is InChI=1S/C17H29N3OS.HI/c1-18-17(20-13-6-14-22-3)19-12-5-4-7-15-8-10-16(21-2)11-9-15;/h8-11H,4-7,12-14H2,1-3H3,(H2,18,19,20);1H. The molecule has 132 valence electrons. The fraction of sp³-hybridized carbons (Fsp3) is 0.588. The first-order valence-corrected chi connectivity index (χ1v) is 9.26. The van der Waals surface area contributed by atoms with Crippen molar-refractivity contribution in [1.82, 2.24) is 10.6 Å². The Balaban J connectivity index is 0.00000484. The summed E-state index contributed by atoms with van der Waals surface area (Å²) in [6.45, 7) is 1.94. The van der Waals surface area contributed by atoms with Crippen LogP contribution in [-0.2, 0) is 6.42 Å². The highest BCUT2D eigenvalue weighted by Gasteiger charge is 1.98. The van der Waals surface area contributed by atoms with Gasteiger partial charge >= 0.3 is 0 Å². The largest absolute Gasteiger partial charge is 0.497 e. The molecule has 0 saturated carbocycles. The summed E-state index contributed by atoms with van der Waals surface area (Å²) in [5, 5.41) is 6.70. The maximum absolute atomic E-state index is 5.17. The summed E-state index contributed by atoms with van der Waals surface area (Å²) in [6.07, 6.45) is 6.71. The highest BCUT2D eigenvalue weighted by Crippen LogP contribution is 2.12. The average Bonchev–Trinajstić information content (AvgIpc) is 2.57. The van der Waals surface area contributed by atoms with Crippen LogP contribution in [0.4, 0.5) is 0 Å². The number of nitrogens with zero attached hydrogens (tertiary/aromatic N) is 1. The van der Waals surface area contributed by atoms with Crippen LogP contribution in [0, 0.1) is 0 Å². The molecule has 0 fully saturated rings. The number of guanidine groups is 1. The van der Waals surface area contributed by atoms with E-state index in [1.807, 2.05) is 30.9 Å². The Morgan fingerprint density at radius 2 is 1.74 bits per heavy atom. The average molecular weight is 451 g/mol. The molecule has 0 aliphatic heterocycles. The molecule has 0 aliphatic rings. The lowest BCUT2D eigenvalue weighted by Crippen LogP contribution is -2.38. The number of nitrogens with one attached hydrogen (secondary N) is 2. The minimum absolute atomic E-state index is 0. The first-order chi connectivity index (χ1) is 10.8. The third-order valence-electron chi connectivity index (χ3n) is 3.39. The Kier molecular flexibility index (Phi) is 14.5. The van der Waals surface area contributed by atoms with Gasteiger partial charge in [-0.15, -0.1) is 24.0 Å². The topological polar surface area (TPSA) is 45.7 Å². The third-order valence-corrected chi connectivity index (χ3v) is 4.08. The second-order valence-corrected chi connectivity index (χ2v) is 6.06. The van der Waals surface area contributed by atoms with Crippen molar-refractivity contribution in [1.29, 1.82) is 0 Å². The summed E-state index contributed by atoms with van der Waals surface area (Å²) >= 11 is 1.88. The van der Waals surface area contributed by atoms with Gasteiger partial charge < -0.3 is 15.4 Å². The number of aryl methyl sites for hydroxylation is 1. The molecule has 0 heterocycles. The van der Waals surface area contributed by atoms with Crippen LogP contribution in [-0.4, -0.2) is 45.2 Å². The molecule has 0 aromatic heterocycles. The number of aliphatic imine (C=N–C) groups is 1. The Hall–Kier alpha value is -0.630. The molecule has 0 unspecified atom stereocenters. The molecular weight excluding hydrogens is 421 g/mol. The van der Waals surface area contributed by atoms with Crippen molar-refractivity contribution in [2.75, 3.05) is 39.3 Å². The molecule has 0 aliphatic carbocycles. The summed E-state index contributed by atoms with van der Waals surface area (Å²) in [7, 11) is 3.52. The molecule has 1 aromatic rings. The van der Waals surface area contributed by atoms with Crippen molar-refractivity contribution in [2.45, 2.75) is 25.7 Å². The number of thioether (sulfide) groups is 1. The maximum Gasteiger partial charge on any atom is 0.190 e. The predicted octanol–water partition coefficient (Wildman–Crippen LogP) is 3.55. The van der Waals surface area contributed by atoms with Gasteiger partial charge in [-0.05, 0) is 55.4 Å².